The number of nitrogens with zero attached hydrogens (tertiary/aromatic N) is 1. The molecule has 0 N–H and O–H groups in total. The molecule has 0 aliphatic heterocycles. The summed E-state index contributed by atoms with van der Waals surface area (Å²) in [5, 5.41) is 0. The van der Waals surface area contributed by atoms with E-state index in [1.807, 2.05) is 0 Å². The van der Waals surface area contributed by atoms with E-state index in [0.29, 0.717) is 11.7 Å². The highest BCUT2D eigenvalue weighted by Gasteiger charge is 2.26. The molecule has 18 heavy (non-hydrogen) atoms. The Hall–Kier alpha value is -1.32. The fourth-order valence-corrected chi connectivity index (χ4v) is 2.55. The van der Waals surface area contributed by atoms with Crippen LogP contribution in [0.1, 0.15) is 73.5 Å². The summed E-state index contributed by atoms with van der Waals surface area (Å²) < 4.78 is 10.4. The van der Waals surface area contributed by atoms with Crippen LogP contribution < -0.4 is 0 Å². The minimum absolute atomic E-state index is 0.305. The van der Waals surface area contributed by atoms with E-state index in [1.165, 1.54) is 26.4 Å². The maximum atomic E-state index is 11.6. The van der Waals surface area contributed by atoms with E-state index >= 15 is 0 Å². The third kappa shape index (κ3) is 2.74. The van der Waals surface area contributed by atoms with Crippen molar-refractivity contribution in [1.82, 2.24) is 4.98 Å². The number of aryl methyl sites for hydroxylation is 1. The molecule has 1 aliphatic rings. The smallest absolute Gasteiger partial charge is 0.375 e. The monoisotopic (exact) mass is 251 g/mol. The predicted octanol–water partition coefficient (Wildman–Crippen LogP) is 3.46. The van der Waals surface area contributed by atoms with Crippen LogP contribution in [0.3, 0.4) is 0 Å². The fourth-order valence-electron chi connectivity index (χ4n) is 2.55. The van der Waals surface area contributed by atoms with Gasteiger partial charge in [-0.2, -0.15) is 0 Å². The summed E-state index contributed by atoms with van der Waals surface area (Å²) in [4.78, 5) is 16.2. The zero-order chi connectivity index (χ0) is 13.0. The first-order valence-electron chi connectivity index (χ1n) is 6.84. The Morgan fingerprint density at radius 1 is 1.39 bits per heavy atom. The third-order valence-corrected chi connectivity index (χ3v) is 3.53. The number of ether oxygens (including phenoxy) is 1. The molecule has 4 nitrogen and oxygen atoms in total. The summed E-state index contributed by atoms with van der Waals surface area (Å²) in [6, 6.07) is 0. The highest BCUT2D eigenvalue weighted by molar-refractivity contribution is 5.87. The van der Waals surface area contributed by atoms with Crippen LogP contribution in [0.2, 0.25) is 0 Å². The van der Waals surface area contributed by atoms with Crippen molar-refractivity contribution in [2.75, 3.05) is 7.11 Å². The molecule has 0 amide bonds. The number of carbonyl (C=O) groups is 1. The molecule has 100 valence electrons. The van der Waals surface area contributed by atoms with Gasteiger partial charge < -0.3 is 9.15 Å². The van der Waals surface area contributed by atoms with E-state index in [0.717, 1.165) is 37.3 Å². The lowest BCUT2D eigenvalue weighted by Crippen LogP contribution is -2.04. The molecular formula is C14H21NO3. The summed E-state index contributed by atoms with van der Waals surface area (Å²) in [6.45, 7) is 2.07. The first-order valence-corrected chi connectivity index (χ1v) is 6.84. The van der Waals surface area contributed by atoms with Gasteiger partial charge in [0.15, 0.2) is 5.89 Å². The summed E-state index contributed by atoms with van der Waals surface area (Å²) >= 11 is 0. The molecule has 1 aliphatic carbocycles. The zero-order valence-electron chi connectivity index (χ0n) is 11.2. The summed E-state index contributed by atoms with van der Waals surface area (Å²) in [5.74, 6) is 1.01. The second-order valence-corrected chi connectivity index (χ2v) is 4.90. The highest BCUT2D eigenvalue weighted by Crippen LogP contribution is 2.33. The number of methoxy groups -OCH3 is 1. The van der Waals surface area contributed by atoms with Crippen molar-refractivity contribution in [1.29, 1.82) is 0 Å². The third-order valence-electron chi connectivity index (χ3n) is 3.53. The number of aromatic nitrogens is 1. The summed E-state index contributed by atoms with van der Waals surface area (Å²) in [6.07, 6.45) is 7.69. The van der Waals surface area contributed by atoms with Crippen molar-refractivity contribution in [2.45, 2.75) is 57.8 Å². The summed E-state index contributed by atoms with van der Waals surface area (Å²) in [5.41, 5.74) is 0.755. The van der Waals surface area contributed by atoms with Crippen LogP contribution in [-0.4, -0.2) is 18.1 Å². The molecule has 0 radical (unpaired) electrons. The van der Waals surface area contributed by atoms with Gasteiger partial charge in [-0.1, -0.05) is 32.6 Å². The zero-order valence-corrected chi connectivity index (χ0v) is 11.2. The van der Waals surface area contributed by atoms with Gasteiger partial charge in [0, 0.05) is 5.92 Å². The van der Waals surface area contributed by atoms with Gasteiger partial charge in [-0.05, 0) is 19.3 Å². The van der Waals surface area contributed by atoms with Gasteiger partial charge in [0.05, 0.1) is 12.8 Å². The minimum Gasteiger partial charge on any atom is -0.463 e. The number of carbonyl (C=O) groups excluding carboxylic acids is 1. The Morgan fingerprint density at radius 3 is 2.72 bits per heavy atom. The predicted molar refractivity (Wildman–Crippen MR) is 67.7 cm³/mol. The molecular weight excluding hydrogens is 230 g/mol. The molecule has 1 saturated carbocycles. The first kappa shape index (κ1) is 13.1. The number of oxazole rings is 1. The topological polar surface area (TPSA) is 52.3 Å². The second-order valence-electron chi connectivity index (χ2n) is 4.90. The molecule has 1 heterocycles. The quantitative estimate of drug-likeness (QED) is 0.769. The van der Waals surface area contributed by atoms with E-state index in [9.17, 15) is 4.79 Å². The largest absolute Gasteiger partial charge is 0.463 e. The maximum Gasteiger partial charge on any atom is 0.375 e. The van der Waals surface area contributed by atoms with Crippen molar-refractivity contribution in [3.8, 4) is 0 Å². The molecule has 0 bridgehead atoms. The van der Waals surface area contributed by atoms with Crippen molar-refractivity contribution in [3.63, 3.8) is 0 Å². The van der Waals surface area contributed by atoms with Crippen molar-refractivity contribution < 1.29 is 13.9 Å². The molecule has 0 atom stereocenters. The van der Waals surface area contributed by atoms with E-state index < -0.39 is 5.97 Å². The molecule has 0 spiro atoms. The lowest BCUT2D eigenvalue weighted by Gasteiger charge is -2.17. The summed E-state index contributed by atoms with van der Waals surface area (Å²) in [7, 11) is 1.38. The van der Waals surface area contributed by atoms with Crippen molar-refractivity contribution in [2.24, 2.45) is 0 Å². The lowest BCUT2D eigenvalue weighted by atomic mass is 9.89. The molecule has 1 aromatic rings. The van der Waals surface area contributed by atoms with Crippen LogP contribution in [0.25, 0.3) is 0 Å². The number of esters is 1. The van der Waals surface area contributed by atoms with Gasteiger partial charge >= 0.3 is 5.97 Å². The minimum atomic E-state index is -0.409. The molecule has 0 unspecified atom stereocenters. The lowest BCUT2D eigenvalue weighted by molar-refractivity contribution is 0.0560. The van der Waals surface area contributed by atoms with E-state index in [4.69, 9.17) is 9.15 Å². The SMILES string of the molecule is CCCc1nc(C2CCCCC2)oc1C(=O)OC. The van der Waals surface area contributed by atoms with Gasteiger partial charge in [0.2, 0.25) is 5.76 Å². The number of hydrogen-bond donors (Lipinski definition) is 0. The van der Waals surface area contributed by atoms with Crippen molar-refractivity contribution >= 4 is 5.97 Å². The van der Waals surface area contributed by atoms with Crippen LogP contribution in [-0.2, 0) is 11.2 Å². The molecule has 1 fully saturated rings. The molecule has 2 rings (SSSR count). The Balaban J connectivity index is 2.23. The fraction of sp³-hybridized carbons (Fsp3) is 0.714. The van der Waals surface area contributed by atoms with Gasteiger partial charge in [0.25, 0.3) is 0 Å². The van der Waals surface area contributed by atoms with Gasteiger partial charge in [-0.15, -0.1) is 0 Å². The molecule has 1 aromatic heterocycles. The van der Waals surface area contributed by atoms with Crippen LogP contribution in [0, 0.1) is 0 Å². The average Bonchev–Trinajstić information content (AvgIpc) is 2.83. The Bertz CT molecular complexity index is 405. The first-order chi connectivity index (χ1) is 8.76. The van der Waals surface area contributed by atoms with Crippen LogP contribution in [0.15, 0.2) is 4.42 Å². The second kappa shape index (κ2) is 6.03. The maximum absolute atomic E-state index is 11.6. The number of hydrogen-bond acceptors (Lipinski definition) is 4. The molecule has 0 saturated heterocycles. The molecule has 0 aromatic carbocycles. The Morgan fingerprint density at radius 2 is 2.11 bits per heavy atom. The Kier molecular flexibility index (Phi) is 4.39. The van der Waals surface area contributed by atoms with E-state index in [1.54, 1.807) is 0 Å². The standard InChI is InChI=1S/C14H21NO3/c1-3-7-11-12(14(16)17-2)18-13(15-11)10-8-5-4-6-9-10/h10H,3-9H2,1-2H3. The molecule has 4 heteroatoms. The van der Waals surface area contributed by atoms with Crippen LogP contribution in [0.5, 0.6) is 0 Å². The van der Waals surface area contributed by atoms with E-state index in [-0.39, 0.29) is 0 Å². The van der Waals surface area contributed by atoms with Crippen LogP contribution in [0.4, 0.5) is 0 Å². The van der Waals surface area contributed by atoms with Gasteiger partial charge in [-0.25, -0.2) is 9.78 Å². The normalized spacial score (nSPS) is 16.8. The number of rotatable bonds is 4. The van der Waals surface area contributed by atoms with Gasteiger partial charge in [-0.3, -0.25) is 0 Å². The highest BCUT2D eigenvalue weighted by atomic mass is 16.5. The van der Waals surface area contributed by atoms with Gasteiger partial charge in [0.1, 0.15) is 0 Å². The Labute approximate surface area is 108 Å². The average molecular weight is 251 g/mol. The van der Waals surface area contributed by atoms with Crippen LogP contribution >= 0.6 is 0 Å². The van der Waals surface area contributed by atoms with E-state index in [2.05, 4.69) is 11.9 Å². The van der Waals surface area contributed by atoms with Crippen molar-refractivity contribution in [3.05, 3.63) is 17.3 Å².